The number of hydrogen-bond acceptors (Lipinski definition) is 2. The Balaban J connectivity index is 1.78. The predicted molar refractivity (Wildman–Crippen MR) is 97.6 cm³/mol. The molecule has 2 atom stereocenters. The second-order valence-electron chi connectivity index (χ2n) is 6.08. The van der Waals surface area contributed by atoms with Gasteiger partial charge in [-0.25, -0.2) is 9.59 Å². The molecule has 5 nitrogen and oxygen atoms in total. The lowest BCUT2D eigenvalue weighted by atomic mass is 9.98. The van der Waals surface area contributed by atoms with Crippen LogP contribution in [0.5, 0.6) is 0 Å². The van der Waals surface area contributed by atoms with E-state index in [1.165, 1.54) is 5.56 Å². The van der Waals surface area contributed by atoms with Crippen molar-refractivity contribution < 1.29 is 14.7 Å². The van der Waals surface area contributed by atoms with E-state index >= 15 is 0 Å². The zero-order chi connectivity index (χ0) is 18.1. The summed E-state index contributed by atoms with van der Waals surface area (Å²) >= 11 is 0. The molecule has 5 heteroatoms. The first-order valence-electron chi connectivity index (χ1n) is 8.42. The van der Waals surface area contributed by atoms with Crippen molar-refractivity contribution in [1.29, 1.82) is 0 Å². The van der Waals surface area contributed by atoms with Gasteiger partial charge in [-0.1, -0.05) is 67.6 Å². The number of carboxylic acid groups (broad SMARTS) is 1. The fraction of sp³-hybridized carbons (Fsp3) is 0.300. The molecule has 0 heterocycles. The highest BCUT2D eigenvalue weighted by molar-refractivity contribution is 5.82. The van der Waals surface area contributed by atoms with Crippen molar-refractivity contribution in [3.8, 4) is 0 Å². The van der Waals surface area contributed by atoms with Crippen LogP contribution in [0.2, 0.25) is 0 Å². The minimum Gasteiger partial charge on any atom is -0.480 e. The molecule has 2 rings (SSSR count). The highest BCUT2D eigenvalue weighted by atomic mass is 16.4. The first kappa shape index (κ1) is 18.5. The molecule has 2 amide bonds. The van der Waals surface area contributed by atoms with Crippen LogP contribution in [0.3, 0.4) is 0 Å². The van der Waals surface area contributed by atoms with E-state index in [-0.39, 0.29) is 6.42 Å². The van der Waals surface area contributed by atoms with Crippen molar-refractivity contribution in [2.75, 3.05) is 6.54 Å². The standard InChI is InChI=1S/C20H24N2O3/c1-15(17-10-6-3-7-11-17)12-13-21-20(25)22-18(19(23)24)14-16-8-4-2-5-9-16/h2-11,15,18H,12-14H2,1H3,(H,23,24)(H2,21,22,25). The lowest BCUT2D eigenvalue weighted by molar-refractivity contribution is -0.139. The zero-order valence-electron chi connectivity index (χ0n) is 14.3. The molecule has 2 unspecified atom stereocenters. The fourth-order valence-corrected chi connectivity index (χ4v) is 2.61. The summed E-state index contributed by atoms with van der Waals surface area (Å²) in [4.78, 5) is 23.3. The Morgan fingerprint density at radius 1 is 1.00 bits per heavy atom. The van der Waals surface area contributed by atoms with Gasteiger partial charge in [0, 0.05) is 13.0 Å². The van der Waals surface area contributed by atoms with Gasteiger partial charge in [-0.15, -0.1) is 0 Å². The highest BCUT2D eigenvalue weighted by Gasteiger charge is 2.20. The smallest absolute Gasteiger partial charge is 0.326 e. The quantitative estimate of drug-likeness (QED) is 0.690. The van der Waals surface area contributed by atoms with Crippen molar-refractivity contribution in [3.63, 3.8) is 0 Å². The fourth-order valence-electron chi connectivity index (χ4n) is 2.61. The number of hydrogen-bond donors (Lipinski definition) is 3. The van der Waals surface area contributed by atoms with Gasteiger partial charge < -0.3 is 15.7 Å². The van der Waals surface area contributed by atoms with Crippen LogP contribution >= 0.6 is 0 Å². The molecule has 0 aromatic heterocycles. The third kappa shape index (κ3) is 6.30. The van der Waals surface area contributed by atoms with Crippen LogP contribution in [0.1, 0.15) is 30.4 Å². The summed E-state index contributed by atoms with van der Waals surface area (Å²) in [7, 11) is 0. The van der Waals surface area contributed by atoms with E-state index in [1.54, 1.807) is 0 Å². The number of carbonyl (C=O) groups excluding carboxylic acids is 1. The molecule has 0 aliphatic carbocycles. The number of carboxylic acids is 1. The van der Waals surface area contributed by atoms with Gasteiger partial charge in [0.1, 0.15) is 6.04 Å². The summed E-state index contributed by atoms with van der Waals surface area (Å²) in [6.07, 6.45) is 1.04. The van der Waals surface area contributed by atoms with Crippen LogP contribution in [0.4, 0.5) is 4.79 Å². The van der Waals surface area contributed by atoms with Gasteiger partial charge in [-0.2, -0.15) is 0 Å². The van der Waals surface area contributed by atoms with Gasteiger partial charge in [0.25, 0.3) is 0 Å². The van der Waals surface area contributed by atoms with Crippen LogP contribution < -0.4 is 10.6 Å². The molecule has 0 saturated heterocycles. The average Bonchev–Trinajstić information content (AvgIpc) is 2.62. The molecular weight excluding hydrogens is 316 g/mol. The van der Waals surface area contributed by atoms with Crippen molar-refractivity contribution in [2.45, 2.75) is 31.7 Å². The van der Waals surface area contributed by atoms with Crippen LogP contribution in [0.25, 0.3) is 0 Å². The maximum absolute atomic E-state index is 12.0. The van der Waals surface area contributed by atoms with Gasteiger partial charge in [0.2, 0.25) is 0 Å². The topological polar surface area (TPSA) is 78.4 Å². The normalized spacial score (nSPS) is 12.8. The summed E-state index contributed by atoms with van der Waals surface area (Å²) in [6.45, 7) is 2.59. The minimum atomic E-state index is -1.04. The number of urea groups is 1. The molecule has 0 saturated carbocycles. The Morgan fingerprint density at radius 2 is 1.60 bits per heavy atom. The number of amides is 2. The summed E-state index contributed by atoms with van der Waals surface area (Å²) in [5.41, 5.74) is 2.09. The molecule has 0 radical (unpaired) electrons. The molecular formula is C20H24N2O3. The van der Waals surface area contributed by atoms with Crippen LogP contribution in [-0.4, -0.2) is 29.7 Å². The van der Waals surface area contributed by atoms with Crippen molar-refractivity contribution in [3.05, 3.63) is 71.8 Å². The Bertz CT molecular complexity index is 674. The monoisotopic (exact) mass is 340 g/mol. The lowest BCUT2D eigenvalue weighted by Crippen LogP contribution is -2.47. The number of benzene rings is 2. The maximum Gasteiger partial charge on any atom is 0.326 e. The molecule has 0 bridgehead atoms. The Hall–Kier alpha value is -2.82. The van der Waals surface area contributed by atoms with Crippen LogP contribution in [0.15, 0.2) is 60.7 Å². The highest BCUT2D eigenvalue weighted by Crippen LogP contribution is 2.17. The lowest BCUT2D eigenvalue weighted by Gasteiger charge is -2.16. The largest absolute Gasteiger partial charge is 0.480 e. The molecule has 132 valence electrons. The van der Waals surface area contributed by atoms with E-state index in [1.807, 2.05) is 48.5 Å². The Morgan fingerprint density at radius 3 is 2.20 bits per heavy atom. The molecule has 25 heavy (non-hydrogen) atoms. The second-order valence-corrected chi connectivity index (χ2v) is 6.08. The molecule has 0 aliphatic heterocycles. The van der Waals surface area contributed by atoms with Gasteiger partial charge >= 0.3 is 12.0 Å². The molecule has 0 spiro atoms. The number of rotatable bonds is 8. The first-order valence-corrected chi connectivity index (χ1v) is 8.42. The number of nitrogens with one attached hydrogen (secondary N) is 2. The van der Waals surface area contributed by atoms with Crippen LogP contribution in [-0.2, 0) is 11.2 Å². The average molecular weight is 340 g/mol. The van der Waals surface area contributed by atoms with Crippen molar-refractivity contribution in [1.82, 2.24) is 10.6 Å². The number of carbonyl (C=O) groups is 2. The third-order valence-electron chi connectivity index (χ3n) is 4.12. The van der Waals surface area contributed by atoms with Gasteiger partial charge in [0.05, 0.1) is 0 Å². The van der Waals surface area contributed by atoms with E-state index in [4.69, 9.17) is 0 Å². The minimum absolute atomic E-state index is 0.254. The Labute approximate surface area is 148 Å². The summed E-state index contributed by atoms with van der Waals surface area (Å²) < 4.78 is 0. The maximum atomic E-state index is 12.0. The van der Waals surface area contributed by atoms with E-state index in [9.17, 15) is 14.7 Å². The third-order valence-corrected chi connectivity index (χ3v) is 4.12. The second kappa shape index (κ2) is 9.47. The van der Waals surface area contributed by atoms with Gasteiger partial charge in [-0.3, -0.25) is 0 Å². The molecule has 2 aromatic rings. The Kier molecular flexibility index (Phi) is 7.01. The molecule has 2 aromatic carbocycles. The zero-order valence-corrected chi connectivity index (χ0v) is 14.3. The molecule has 3 N–H and O–H groups in total. The van der Waals surface area contributed by atoms with E-state index in [2.05, 4.69) is 29.7 Å². The van der Waals surface area contributed by atoms with Gasteiger partial charge in [-0.05, 0) is 23.5 Å². The van der Waals surface area contributed by atoms with Crippen molar-refractivity contribution in [2.24, 2.45) is 0 Å². The van der Waals surface area contributed by atoms with Crippen molar-refractivity contribution >= 4 is 12.0 Å². The predicted octanol–water partition coefficient (Wildman–Crippen LogP) is 3.18. The first-order chi connectivity index (χ1) is 12.1. The van der Waals surface area contributed by atoms with E-state index < -0.39 is 18.0 Å². The summed E-state index contributed by atoms with van der Waals surface area (Å²) in [5, 5.41) is 14.6. The van der Waals surface area contributed by atoms with Gasteiger partial charge in [0.15, 0.2) is 0 Å². The summed E-state index contributed by atoms with van der Waals surface area (Å²) in [6, 6.07) is 17.9. The summed E-state index contributed by atoms with van der Waals surface area (Å²) in [5.74, 6) is -0.724. The molecule has 0 fully saturated rings. The number of aliphatic carboxylic acids is 1. The SMILES string of the molecule is CC(CCNC(=O)NC(Cc1ccccc1)C(=O)O)c1ccccc1. The van der Waals surface area contributed by atoms with E-state index in [0.29, 0.717) is 12.5 Å². The molecule has 0 aliphatic rings. The van der Waals surface area contributed by atoms with E-state index in [0.717, 1.165) is 12.0 Å². The van der Waals surface area contributed by atoms with Crippen LogP contribution in [0, 0.1) is 0 Å².